The van der Waals surface area contributed by atoms with Crippen LogP contribution in [0.1, 0.15) is 25.7 Å². The molecule has 1 saturated carbocycles. The Hall–Kier alpha value is -1.05. The van der Waals surface area contributed by atoms with Crippen LogP contribution in [0.4, 0.5) is 4.39 Å². The Balaban J connectivity index is 1.86. The molecule has 4 heteroatoms. The smallest absolute Gasteiger partial charge is 0.136 e. The van der Waals surface area contributed by atoms with Crippen LogP contribution in [-0.4, -0.2) is 11.3 Å². The van der Waals surface area contributed by atoms with Gasteiger partial charge in [-0.1, -0.05) is 18.6 Å². The van der Waals surface area contributed by atoms with Crippen LogP contribution in [0.15, 0.2) is 29.2 Å². The first kappa shape index (κ1) is 13.4. The molecule has 96 valence electrons. The second-order valence-electron chi connectivity index (χ2n) is 4.81. The van der Waals surface area contributed by atoms with E-state index in [9.17, 15) is 4.39 Å². The molecule has 2 atom stereocenters. The summed E-state index contributed by atoms with van der Waals surface area (Å²) in [5.41, 5.74) is 5.41. The van der Waals surface area contributed by atoms with E-state index in [1.54, 1.807) is 12.1 Å². The molecule has 0 aliphatic heterocycles. The fourth-order valence-corrected chi connectivity index (χ4v) is 3.53. The van der Waals surface area contributed by atoms with Crippen LogP contribution >= 0.6 is 11.8 Å². The second kappa shape index (κ2) is 5.73. The van der Waals surface area contributed by atoms with Crippen LogP contribution in [0.25, 0.3) is 0 Å². The Morgan fingerprint density at radius 1 is 1.50 bits per heavy atom. The molecular weight excluding hydrogens is 247 g/mol. The van der Waals surface area contributed by atoms with Crippen molar-refractivity contribution in [2.75, 3.05) is 5.75 Å². The number of nitrogens with zero attached hydrogens (tertiary/aromatic N) is 1. The highest BCUT2D eigenvalue weighted by molar-refractivity contribution is 7.99. The molecule has 2 rings (SSSR count). The van der Waals surface area contributed by atoms with Gasteiger partial charge in [-0.15, -0.1) is 11.8 Å². The van der Waals surface area contributed by atoms with Gasteiger partial charge in [0.05, 0.1) is 6.07 Å². The number of benzene rings is 1. The molecule has 1 aliphatic carbocycles. The van der Waals surface area contributed by atoms with Gasteiger partial charge in [-0.25, -0.2) is 4.39 Å². The first-order valence-corrected chi connectivity index (χ1v) is 7.22. The van der Waals surface area contributed by atoms with E-state index < -0.39 is 5.54 Å². The number of rotatable bonds is 4. The maximum Gasteiger partial charge on any atom is 0.136 e. The summed E-state index contributed by atoms with van der Waals surface area (Å²) in [6.07, 6.45) is 3.71. The largest absolute Gasteiger partial charge is 0.313 e. The molecule has 2 N–H and O–H groups in total. The second-order valence-corrected chi connectivity index (χ2v) is 5.95. The summed E-state index contributed by atoms with van der Waals surface area (Å²) in [6.45, 7) is 0. The summed E-state index contributed by atoms with van der Waals surface area (Å²) in [7, 11) is 0. The standard InChI is InChI=1S/C14H17FN2S/c15-12-5-1-2-6-13(12)18-9-7-11-4-3-8-14(11,17)10-16/h1-2,5-6,11H,3-4,7-9,17H2. The molecule has 0 bridgehead atoms. The topological polar surface area (TPSA) is 49.8 Å². The van der Waals surface area contributed by atoms with Gasteiger partial charge in [0.25, 0.3) is 0 Å². The third kappa shape index (κ3) is 2.85. The predicted octanol–water partition coefficient (Wildman–Crippen LogP) is 3.33. The number of nitriles is 1. The molecule has 1 aliphatic rings. The molecule has 18 heavy (non-hydrogen) atoms. The fraction of sp³-hybridized carbons (Fsp3) is 0.500. The maximum absolute atomic E-state index is 13.4. The molecule has 0 aromatic heterocycles. The lowest BCUT2D eigenvalue weighted by Crippen LogP contribution is -2.41. The van der Waals surface area contributed by atoms with E-state index in [1.807, 2.05) is 6.07 Å². The highest BCUT2D eigenvalue weighted by atomic mass is 32.2. The zero-order valence-electron chi connectivity index (χ0n) is 10.2. The third-order valence-electron chi connectivity index (χ3n) is 3.64. The minimum absolute atomic E-state index is 0.173. The molecule has 1 aromatic carbocycles. The Labute approximate surface area is 111 Å². The quantitative estimate of drug-likeness (QED) is 0.849. The number of thioether (sulfide) groups is 1. The Kier molecular flexibility index (Phi) is 4.26. The third-order valence-corrected chi connectivity index (χ3v) is 4.72. The van der Waals surface area contributed by atoms with Crippen molar-refractivity contribution in [1.29, 1.82) is 5.26 Å². The normalized spacial score (nSPS) is 27.1. The monoisotopic (exact) mass is 264 g/mol. The van der Waals surface area contributed by atoms with Crippen LogP contribution in [-0.2, 0) is 0 Å². The van der Waals surface area contributed by atoms with Crippen LogP contribution in [0, 0.1) is 23.1 Å². The van der Waals surface area contributed by atoms with Gasteiger partial charge >= 0.3 is 0 Å². The summed E-state index contributed by atoms with van der Waals surface area (Å²) in [4.78, 5) is 0.676. The van der Waals surface area contributed by atoms with Gasteiger partial charge in [-0.2, -0.15) is 5.26 Å². The Bertz CT molecular complexity index is 457. The minimum Gasteiger partial charge on any atom is -0.313 e. The lowest BCUT2D eigenvalue weighted by Gasteiger charge is -2.23. The summed E-state index contributed by atoms with van der Waals surface area (Å²) in [6, 6.07) is 9.03. The average Bonchev–Trinajstić information content (AvgIpc) is 2.74. The summed E-state index contributed by atoms with van der Waals surface area (Å²) in [5.74, 6) is 0.890. The molecular formula is C14H17FN2S. The lowest BCUT2D eigenvalue weighted by atomic mass is 9.88. The summed E-state index contributed by atoms with van der Waals surface area (Å²) >= 11 is 1.51. The van der Waals surface area contributed by atoms with Crippen LogP contribution in [0.5, 0.6) is 0 Å². The first-order valence-electron chi connectivity index (χ1n) is 6.23. The van der Waals surface area contributed by atoms with Crippen LogP contribution in [0.2, 0.25) is 0 Å². The molecule has 1 fully saturated rings. The lowest BCUT2D eigenvalue weighted by molar-refractivity contribution is 0.389. The highest BCUT2D eigenvalue weighted by Gasteiger charge is 2.39. The molecule has 0 amide bonds. The molecule has 1 aromatic rings. The van der Waals surface area contributed by atoms with E-state index >= 15 is 0 Å². The summed E-state index contributed by atoms with van der Waals surface area (Å²) < 4.78 is 13.4. The van der Waals surface area contributed by atoms with Gasteiger partial charge in [0.1, 0.15) is 11.4 Å². The van der Waals surface area contributed by atoms with Gasteiger partial charge in [0.2, 0.25) is 0 Å². The average molecular weight is 264 g/mol. The fourth-order valence-electron chi connectivity index (χ4n) is 2.52. The molecule has 0 saturated heterocycles. The molecule has 0 spiro atoms. The van der Waals surface area contributed by atoms with Crippen LogP contribution in [0.3, 0.4) is 0 Å². The molecule has 0 heterocycles. The van der Waals surface area contributed by atoms with Gasteiger partial charge in [-0.3, -0.25) is 0 Å². The molecule has 2 unspecified atom stereocenters. The van der Waals surface area contributed by atoms with E-state index in [0.717, 1.165) is 31.4 Å². The van der Waals surface area contributed by atoms with E-state index in [2.05, 4.69) is 6.07 Å². The van der Waals surface area contributed by atoms with E-state index in [4.69, 9.17) is 11.0 Å². The van der Waals surface area contributed by atoms with E-state index in [1.165, 1.54) is 17.8 Å². The van der Waals surface area contributed by atoms with Gasteiger partial charge in [0, 0.05) is 4.90 Å². The van der Waals surface area contributed by atoms with Gasteiger partial charge in [-0.05, 0) is 43.1 Å². The van der Waals surface area contributed by atoms with Crippen molar-refractivity contribution in [3.63, 3.8) is 0 Å². The minimum atomic E-state index is -0.657. The Morgan fingerprint density at radius 2 is 2.28 bits per heavy atom. The first-order chi connectivity index (χ1) is 8.65. The number of halogens is 1. The zero-order chi connectivity index (χ0) is 13.0. The molecule has 0 radical (unpaired) electrons. The van der Waals surface area contributed by atoms with E-state index in [-0.39, 0.29) is 11.7 Å². The highest BCUT2D eigenvalue weighted by Crippen LogP contribution is 2.37. The predicted molar refractivity (Wildman–Crippen MR) is 71.6 cm³/mol. The van der Waals surface area contributed by atoms with Crippen molar-refractivity contribution >= 4 is 11.8 Å². The van der Waals surface area contributed by atoms with Gasteiger partial charge in [0.15, 0.2) is 0 Å². The number of hydrogen-bond acceptors (Lipinski definition) is 3. The zero-order valence-corrected chi connectivity index (χ0v) is 11.0. The number of hydrogen-bond donors (Lipinski definition) is 1. The SMILES string of the molecule is N#CC1(N)CCCC1CCSc1ccccc1F. The van der Waals surface area contributed by atoms with Crippen LogP contribution < -0.4 is 5.73 Å². The van der Waals surface area contributed by atoms with Crippen molar-refractivity contribution in [3.05, 3.63) is 30.1 Å². The van der Waals surface area contributed by atoms with Crippen molar-refractivity contribution in [3.8, 4) is 6.07 Å². The number of nitrogens with two attached hydrogens (primary N) is 1. The maximum atomic E-state index is 13.4. The van der Waals surface area contributed by atoms with E-state index in [0.29, 0.717) is 4.90 Å². The van der Waals surface area contributed by atoms with Crippen molar-refractivity contribution < 1.29 is 4.39 Å². The van der Waals surface area contributed by atoms with Crippen molar-refractivity contribution in [1.82, 2.24) is 0 Å². The van der Waals surface area contributed by atoms with Crippen molar-refractivity contribution in [2.24, 2.45) is 11.7 Å². The van der Waals surface area contributed by atoms with Crippen molar-refractivity contribution in [2.45, 2.75) is 36.1 Å². The summed E-state index contributed by atoms with van der Waals surface area (Å²) in [5, 5.41) is 9.11. The molecule has 2 nitrogen and oxygen atoms in total. The van der Waals surface area contributed by atoms with Gasteiger partial charge < -0.3 is 5.73 Å². The Morgan fingerprint density at radius 3 is 3.00 bits per heavy atom.